The third-order valence-electron chi connectivity index (χ3n) is 4.97. The molecule has 142 valence electrons. The topological polar surface area (TPSA) is 76.9 Å². The molecule has 5 rings (SSSR count). The molecule has 3 aromatic rings. The van der Waals surface area contributed by atoms with Crippen LogP contribution in [-0.2, 0) is 11.2 Å². The summed E-state index contributed by atoms with van der Waals surface area (Å²) in [4.78, 5) is 25.3. The maximum absolute atomic E-state index is 12.7. The van der Waals surface area contributed by atoms with Crippen LogP contribution in [0.2, 0.25) is 0 Å². The molecule has 6 nitrogen and oxygen atoms in total. The molecule has 1 fully saturated rings. The van der Waals surface area contributed by atoms with Gasteiger partial charge in [-0.1, -0.05) is 17.8 Å². The number of aryl methyl sites for hydroxylation is 1. The second-order valence-corrected chi connectivity index (χ2v) is 8.91. The van der Waals surface area contributed by atoms with Gasteiger partial charge in [0.1, 0.15) is 0 Å². The van der Waals surface area contributed by atoms with Crippen LogP contribution in [0.25, 0.3) is 10.7 Å². The summed E-state index contributed by atoms with van der Waals surface area (Å²) in [5.74, 6) is 1.31. The van der Waals surface area contributed by atoms with E-state index in [9.17, 15) is 9.59 Å². The Morgan fingerprint density at radius 3 is 2.93 bits per heavy atom. The molecular weight excluding hydrogens is 392 g/mol. The Hall–Kier alpha value is -2.45. The number of thioether (sulfide) groups is 1. The summed E-state index contributed by atoms with van der Waals surface area (Å²) in [6.07, 6.45) is 3.41. The van der Waals surface area contributed by atoms with Crippen LogP contribution in [0.5, 0.6) is 0 Å². The van der Waals surface area contributed by atoms with Gasteiger partial charge in [-0.15, -0.1) is 21.5 Å². The molecule has 1 aliphatic carbocycles. The van der Waals surface area contributed by atoms with E-state index in [0.29, 0.717) is 30.2 Å². The minimum Gasteiger partial charge on any atom is -0.326 e. The van der Waals surface area contributed by atoms with Gasteiger partial charge in [-0.3, -0.25) is 14.2 Å². The van der Waals surface area contributed by atoms with E-state index in [1.54, 1.807) is 17.4 Å². The van der Waals surface area contributed by atoms with Crippen LogP contribution in [-0.4, -0.2) is 32.2 Å². The van der Waals surface area contributed by atoms with Gasteiger partial charge in [0.15, 0.2) is 16.8 Å². The number of carbonyl (C=O) groups is 2. The lowest BCUT2D eigenvalue weighted by Gasteiger charge is -2.17. The molecule has 2 aliphatic rings. The summed E-state index contributed by atoms with van der Waals surface area (Å²) in [6, 6.07) is 10.0. The summed E-state index contributed by atoms with van der Waals surface area (Å²) >= 11 is 3.10. The number of rotatable bonds is 6. The third-order valence-corrected chi connectivity index (χ3v) is 6.78. The fourth-order valence-electron chi connectivity index (χ4n) is 3.38. The number of aromatic nitrogens is 3. The van der Waals surface area contributed by atoms with Crippen LogP contribution >= 0.6 is 23.1 Å². The van der Waals surface area contributed by atoms with Crippen molar-refractivity contribution in [3.05, 3.63) is 46.8 Å². The van der Waals surface area contributed by atoms with Crippen molar-refractivity contribution in [3.63, 3.8) is 0 Å². The van der Waals surface area contributed by atoms with Crippen LogP contribution in [0, 0.1) is 0 Å². The molecule has 28 heavy (non-hydrogen) atoms. The second-order valence-electron chi connectivity index (χ2n) is 7.02. The molecule has 3 heterocycles. The lowest BCUT2D eigenvalue weighted by molar-refractivity contribution is -0.116. The Balaban J connectivity index is 1.33. The zero-order valence-corrected chi connectivity index (χ0v) is 16.7. The van der Waals surface area contributed by atoms with Gasteiger partial charge in [-0.25, -0.2) is 0 Å². The summed E-state index contributed by atoms with van der Waals surface area (Å²) < 4.78 is 2.19. The van der Waals surface area contributed by atoms with Crippen molar-refractivity contribution >= 4 is 40.5 Å². The van der Waals surface area contributed by atoms with Crippen molar-refractivity contribution in [2.24, 2.45) is 0 Å². The summed E-state index contributed by atoms with van der Waals surface area (Å²) in [5, 5.41) is 14.4. The van der Waals surface area contributed by atoms with E-state index in [1.807, 2.05) is 23.6 Å². The van der Waals surface area contributed by atoms with Gasteiger partial charge in [-0.2, -0.15) is 0 Å². The number of thiophene rings is 1. The van der Waals surface area contributed by atoms with E-state index in [0.717, 1.165) is 40.0 Å². The molecule has 1 saturated carbocycles. The highest BCUT2D eigenvalue weighted by Gasteiger charge is 2.30. The van der Waals surface area contributed by atoms with E-state index in [-0.39, 0.29) is 11.7 Å². The van der Waals surface area contributed by atoms with Gasteiger partial charge in [0.05, 0.1) is 10.6 Å². The first-order valence-corrected chi connectivity index (χ1v) is 11.1. The summed E-state index contributed by atoms with van der Waals surface area (Å²) in [5.41, 5.74) is 2.52. The predicted molar refractivity (Wildman–Crippen MR) is 110 cm³/mol. The van der Waals surface area contributed by atoms with Gasteiger partial charge in [0, 0.05) is 23.7 Å². The third kappa shape index (κ3) is 3.38. The lowest BCUT2D eigenvalue weighted by Crippen LogP contribution is -2.19. The molecule has 0 atom stereocenters. The number of Topliss-reactive ketones (excluding diaryl/α,β-unsaturated/α-hetero) is 1. The van der Waals surface area contributed by atoms with Gasteiger partial charge >= 0.3 is 0 Å². The number of nitrogens with zero attached hydrogens (tertiary/aromatic N) is 3. The van der Waals surface area contributed by atoms with E-state index in [2.05, 4.69) is 26.1 Å². The predicted octanol–water partition coefficient (Wildman–Crippen LogP) is 4.20. The lowest BCUT2D eigenvalue weighted by atomic mass is 9.99. The highest BCUT2D eigenvalue weighted by Crippen LogP contribution is 2.41. The number of anilines is 1. The van der Waals surface area contributed by atoms with Crippen LogP contribution in [0.4, 0.5) is 5.69 Å². The van der Waals surface area contributed by atoms with Crippen molar-refractivity contribution < 1.29 is 9.59 Å². The number of benzene rings is 1. The fourth-order valence-corrected chi connectivity index (χ4v) is 4.99. The monoisotopic (exact) mass is 410 g/mol. The molecule has 1 aromatic carbocycles. The molecule has 1 N–H and O–H groups in total. The minimum atomic E-state index is 0.0306. The SMILES string of the molecule is O=C1CCc2cc(C(=O)CSc3nnc(-c4cccs4)n3C3CC3)ccc2N1. The Morgan fingerprint density at radius 2 is 2.14 bits per heavy atom. The average Bonchev–Trinajstić information content (AvgIpc) is 3.23. The first kappa shape index (κ1) is 17.6. The highest BCUT2D eigenvalue weighted by atomic mass is 32.2. The smallest absolute Gasteiger partial charge is 0.224 e. The Morgan fingerprint density at radius 1 is 1.25 bits per heavy atom. The molecule has 0 bridgehead atoms. The van der Waals surface area contributed by atoms with Crippen molar-refractivity contribution in [2.75, 3.05) is 11.1 Å². The largest absolute Gasteiger partial charge is 0.326 e. The van der Waals surface area contributed by atoms with Crippen LogP contribution < -0.4 is 5.32 Å². The number of hydrogen-bond donors (Lipinski definition) is 1. The molecule has 0 saturated heterocycles. The van der Waals surface area contributed by atoms with Gasteiger partial charge in [0.2, 0.25) is 5.91 Å². The van der Waals surface area contributed by atoms with E-state index in [1.165, 1.54) is 11.8 Å². The van der Waals surface area contributed by atoms with Crippen molar-refractivity contribution in [3.8, 4) is 10.7 Å². The van der Waals surface area contributed by atoms with E-state index >= 15 is 0 Å². The van der Waals surface area contributed by atoms with Gasteiger partial charge in [0.25, 0.3) is 0 Å². The number of nitrogens with one attached hydrogen (secondary N) is 1. The van der Waals surface area contributed by atoms with E-state index < -0.39 is 0 Å². The van der Waals surface area contributed by atoms with Crippen LogP contribution in [0.15, 0.2) is 40.9 Å². The quantitative estimate of drug-likeness (QED) is 0.487. The molecule has 1 amide bonds. The molecular formula is C20H18N4O2S2. The van der Waals surface area contributed by atoms with Crippen LogP contribution in [0.1, 0.15) is 41.2 Å². The molecule has 1 aliphatic heterocycles. The first-order valence-electron chi connectivity index (χ1n) is 9.26. The van der Waals surface area contributed by atoms with Gasteiger partial charge in [-0.05, 0) is 54.5 Å². The first-order chi connectivity index (χ1) is 13.7. The fraction of sp³-hybridized carbons (Fsp3) is 0.300. The number of carbonyl (C=O) groups excluding carboxylic acids is 2. The molecule has 0 radical (unpaired) electrons. The molecule has 0 spiro atoms. The van der Waals surface area contributed by atoms with Gasteiger partial charge < -0.3 is 5.32 Å². The summed E-state index contributed by atoms with van der Waals surface area (Å²) in [7, 11) is 0. The summed E-state index contributed by atoms with van der Waals surface area (Å²) in [6.45, 7) is 0. The Kier molecular flexibility index (Phi) is 4.52. The zero-order valence-electron chi connectivity index (χ0n) is 15.1. The number of ketones is 1. The molecule has 8 heteroatoms. The maximum atomic E-state index is 12.7. The van der Waals surface area contributed by atoms with Crippen molar-refractivity contribution in [1.82, 2.24) is 14.8 Å². The minimum absolute atomic E-state index is 0.0306. The number of amides is 1. The van der Waals surface area contributed by atoms with Crippen LogP contribution in [0.3, 0.4) is 0 Å². The highest BCUT2D eigenvalue weighted by molar-refractivity contribution is 7.99. The number of hydrogen-bond acceptors (Lipinski definition) is 6. The number of fused-ring (bicyclic) bond motifs is 1. The Labute approximate surface area is 170 Å². The standard InChI is InChI=1S/C20H18N4O2S2/c25-16(13-3-7-15-12(10-13)4-8-18(26)21-15)11-28-20-23-22-19(17-2-1-9-27-17)24(20)14-5-6-14/h1-3,7,9-10,14H,4-6,8,11H2,(H,21,26). The normalized spacial score (nSPS) is 15.9. The maximum Gasteiger partial charge on any atom is 0.224 e. The van der Waals surface area contributed by atoms with Crippen molar-refractivity contribution in [2.45, 2.75) is 36.9 Å². The zero-order chi connectivity index (χ0) is 19.1. The van der Waals surface area contributed by atoms with Crippen molar-refractivity contribution in [1.29, 1.82) is 0 Å². The van der Waals surface area contributed by atoms with E-state index in [4.69, 9.17) is 0 Å². The Bertz CT molecular complexity index is 1050. The second kappa shape index (κ2) is 7.18. The molecule has 2 aromatic heterocycles. The average molecular weight is 411 g/mol. The molecule has 0 unspecified atom stereocenters.